The highest BCUT2D eigenvalue weighted by molar-refractivity contribution is 8.01. The van der Waals surface area contributed by atoms with Gasteiger partial charge in [-0.2, -0.15) is 0 Å². The number of rotatable bonds is 6. The predicted octanol–water partition coefficient (Wildman–Crippen LogP) is 2.41. The zero-order valence-electron chi connectivity index (χ0n) is 10.6. The molecule has 2 heterocycles. The van der Waals surface area contributed by atoms with Crippen molar-refractivity contribution in [1.29, 1.82) is 0 Å². The number of thioether (sulfide) groups is 1. The third kappa shape index (κ3) is 3.77. The molecule has 0 aliphatic heterocycles. The second-order valence-corrected chi connectivity index (χ2v) is 5.90. The summed E-state index contributed by atoms with van der Waals surface area (Å²) in [6.07, 6.45) is 1.16. The van der Waals surface area contributed by atoms with Crippen molar-refractivity contribution >= 4 is 29.1 Å². The van der Waals surface area contributed by atoms with Gasteiger partial charge in [0.15, 0.2) is 9.35 Å². The van der Waals surface area contributed by atoms with Gasteiger partial charge in [0, 0.05) is 18.2 Å². The number of aromatic nitrogens is 3. The molecular weight excluding hydrogens is 286 g/mol. The highest BCUT2D eigenvalue weighted by Gasteiger charge is 2.12. The van der Waals surface area contributed by atoms with E-state index in [1.807, 2.05) is 13.0 Å². The SMILES string of the molecule is CCc1cc(-c2nnc(SCCC(=O)OC)s2)no1. The second kappa shape index (κ2) is 6.67. The van der Waals surface area contributed by atoms with E-state index >= 15 is 0 Å². The maximum Gasteiger partial charge on any atom is 0.306 e. The number of hydrogen-bond donors (Lipinski definition) is 0. The molecular formula is C11H13N3O3S2. The quantitative estimate of drug-likeness (QED) is 0.598. The molecule has 0 spiro atoms. The van der Waals surface area contributed by atoms with Crippen LogP contribution in [0.15, 0.2) is 14.9 Å². The Bertz CT molecular complexity index is 553. The lowest BCUT2D eigenvalue weighted by Crippen LogP contribution is -2.00. The number of nitrogens with zero attached hydrogens (tertiary/aromatic N) is 3. The number of methoxy groups -OCH3 is 1. The topological polar surface area (TPSA) is 78.1 Å². The Kier molecular flexibility index (Phi) is 4.92. The lowest BCUT2D eigenvalue weighted by Gasteiger charge is -1.95. The molecule has 19 heavy (non-hydrogen) atoms. The molecule has 0 radical (unpaired) electrons. The summed E-state index contributed by atoms with van der Waals surface area (Å²) in [6.45, 7) is 2.00. The average Bonchev–Trinajstić information content (AvgIpc) is 3.06. The molecule has 2 aromatic rings. The van der Waals surface area contributed by atoms with Crippen LogP contribution in [-0.2, 0) is 16.0 Å². The van der Waals surface area contributed by atoms with Gasteiger partial charge >= 0.3 is 5.97 Å². The largest absolute Gasteiger partial charge is 0.469 e. The molecule has 0 saturated carbocycles. The molecule has 0 saturated heterocycles. The Morgan fingerprint density at radius 1 is 1.53 bits per heavy atom. The van der Waals surface area contributed by atoms with Crippen LogP contribution in [0.4, 0.5) is 0 Å². The van der Waals surface area contributed by atoms with E-state index in [9.17, 15) is 4.79 Å². The lowest BCUT2D eigenvalue weighted by molar-refractivity contribution is -0.140. The van der Waals surface area contributed by atoms with E-state index in [2.05, 4.69) is 20.1 Å². The number of ether oxygens (including phenoxy) is 1. The van der Waals surface area contributed by atoms with Gasteiger partial charge in [-0.1, -0.05) is 35.2 Å². The van der Waals surface area contributed by atoms with Crippen LogP contribution in [0, 0.1) is 0 Å². The number of carbonyl (C=O) groups is 1. The first-order valence-electron chi connectivity index (χ1n) is 5.72. The van der Waals surface area contributed by atoms with E-state index in [1.165, 1.54) is 30.2 Å². The monoisotopic (exact) mass is 299 g/mol. The fourth-order valence-electron chi connectivity index (χ4n) is 1.28. The Hall–Kier alpha value is -1.41. The van der Waals surface area contributed by atoms with Crippen LogP contribution in [0.3, 0.4) is 0 Å². The van der Waals surface area contributed by atoms with E-state index in [0.29, 0.717) is 17.9 Å². The van der Waals surface area contributed by atoms with E-state index in [0.717, 1.165) is 21.5 Å². The van der Waals surface area contributed by atoms with Crippen LogP contribution in [-0.4, -0.2) is 34.2 Å². The highest BCUT2D eigenvalue weighted by atomic mass is 32.2. The molecule has 102 valence electrons. The molecule has 0 aliphatic rings. The van der Waals surface area contributed by atoms with Gasteiger partial charge in [-0.15, -0.1) is 10.2 Å². The van der Waals surface area contributed by atoms with Gasteiger partial charge in [0.25, 0.3) is 0 Å². The van der Waals surface area contributed by atoms with Crippen molar-refractivity contribution in [2.75, 3.05) is 12.9 Å². The molecule has 0 unspecified atom stereocenters. The predicted molar refractivity (Wildman–Crippen MR) is 72.1 cm³/mol. The Morgan fingerprint density at radius 2 is 2.37 bits per heavy atom. The maximum atomic E-state index is 11.0. The first-order chi connectivity index (χ1) is 9.22. The van der Waals surface area contributed by atoms with Crippen molar-refractivity contribution in [3.63, 3.8) is 0 Å². The van der Waals surface area contributed by atoms with Crippen molar-refractivity contribution in [3.05, 3.63) is 11.8 Å². The Labute approximate surface area is 118 Å². The van der Waals surface area contributed by atoms with Gasteiger partial charge in [0.2, 0.25) is 0 Å². The van der Waals surface area contributed by atoms with Crippen molar-refractivity contribution < 1.29 is 14.1 Å². The molecule has 0 N–H and O–H groups in total. The van der Waals surface area contributed by atoms with E-state index < -0.39 is 0 Å². The van der Waals surface area contributed by atoms with Crippen LogP contribution in [0.1, 0.15) is 19.1 Å². The standard InChI is InChI=1S/C11H13N3O3S2/c1-3-7-6-8(14-17-7)10-12-13-11(19-10)18-5-4-9(15)16-2/h6H,3-5H2,1-2H3. The first-order valence-corrected chi connectivity index (χ1v) is 7.52. The lowest BCUT2D eigenvalue weighted by atomic mass is 10.3. The normalized spacial score (nSPS) is 10.6. The summed E-state index contributed by atoms with van der Waals surface area (Å²) in [7, 11) is 1.38. The molecule has 0 fully saturated rings. The molecule has 6 nitrogen and oxygen atoms in total. The number of aryl methyl sites for hydroxylation is 1. The molecule has 0 bridgehead atoms. The Balaban J connectivity index is 1.93. The molecule has 0 aliphatic carbocycles. The summed E-state index contributed by atoms with van der Waals surface area (Å²) >= 11 is 2.91. The van der Waals surface area contributed by atoms with E-state index in [4.69, 9.17) is 4.52 Å². The summed E-state index contributed by atoms with van der Waals surface area (Å²) in [5, 5.41) is 12.8. The average molecular weight is 299 g/mol. The van der Waals surface area contributed by atoms with Crippen LogP contribution < -0.4 is 0 Å². The minimum Gasteiger partial charge on any atom is -0.469 e. The van der Waals surface area contributed by atoms with Crippen LogP contribution in [0.2, 0.25) is 0 Å². The van der Waals surface area contributed by atoms with Crippen LogP contribution in [0.25, 0.3) is 10.7 Å². The van der Waals surface area contributed by atoms with Gasteiger partial charge in [-0.3, -0.25) is 4.79 Å². The zero-order valence-corrected chi connectivity index (χ0v) is 12.2. The second-order valence-electron chi connectivity index (χ2n) is 3.58. The minimum absolute atomic E-state index is 0.221. The zero-order chi connectivity index (χ0) is 13.7. The van der Waals surface area contributed by atoms with Gasteiger partial charge in [-0.25, -0.2) is 0 Å². The number of esters is 1. The summed E-state index contributed by atoms with van der Waals surface area (Å²) in [4.78, 5) is 11.0. The molecule has 0 amide bonds. The minimum atomic E-state index is -0.221. The first kappa shape index (κ1) is 14.0. The van der Waals surface area contributed by atoms with Crippen molar-refractivity contribution in [3.8, 4) is 10.7 Å². The Morgan fingerprint density at radius 3 is 3.05 bits per heavy atom. The number of carbonyl (C=O) groups excluding carboxylic acids is 1. The van der Waals surface area contributed by atoms with Crippen molar-refractivity contribution in [2.45, 2.75) is 24.1 Å². The van der Waals surface area contributed by atoms with Crippen LogP contribution >= 0.6 is 23.1 Å². The van der Waals surface area contributed by atoms with Gasteiger partial charge in [-0.05, 0) is 0 Å². The van der Waals surface area contributed by atoms with Crippen LogP contribution in [0.5, 0.6) is 0 Å². The number of hydrogen-bond acceptors (Lipinski definition) is 8. The van der Waals surface area contributed by atoms with Gasteiger partial charge in [0.1, 0.15) is 11.5 Å². The molecule has 8 heteroatoms. The van der Waals surface area contributed by atoms with E-state index in [-0.39, 0.29) is 5.97 Å². The summed E-state index contributed by atoms with van der Waals surface area (Å²) in [5.74, 6) is 1.23. The molecule has 0 aromatic carbocycles. The fraction of sp³-hybridized carbons (Fsp3) is 0.455. The van der Waals surface area contributed by atoms with Gasteiger partial charge in [0.05, 0.1) is 13.5 Å². The maximum absolute atomic E-state index is 11.0. The summed E-state index contributed by atoms with van der Waals surface area (Å²) < 4.78 is 10.5. The highest BCUT2D eigenvalue weighted by Crippen LogP contribution is 2.29. The van der Waals surface area contributed by atoms with Gasteiger partial charge < -0.3 is 9.26 Å². The molecule has 0 atom stereocenters. The summed E-state index contributed by atoms with van der Waals surface area (Å²) in [6, 6.07) is 1.86. The van der Waals surface area contributed by atoms with Crippen molar-refractivity contribution in [2.24, 2.45) is 0 Å². The smallest absolute Gasteiger partial charge is 0.306 e. The van der Waals surface area contributed by atoms with Crippen molar-refractivity contribution in [1.82, 2.24) is 15.4 Å². The molecule has 2 rings (SSSR count). The fourth-order valence-corrected chi connectivity index (χ4v) is 3.07. The third-order valence-corrected chi connectivity index (χ3v) is 4.37. The van der Waals surface area contributed by atoms with E-state index in [1.54, 1.807) is 0 Å². The third-order valence-electron chi connectivity index (χ3n) is 2.29. The molecule has 2 aromatic heterocycles. The summed E-state index contributed by atoms with van der Waals surface area (Å²) in [5.41, 5.74) is 0.703.